The molecule has 0 fully saturated rings. The van der Waals surface area contributed by atoms with Gasteiger partial charge in [-0.3, -0.25) is 4.98 Å². The fourth-order valence-electron chi connectivity index (χ4n) is 1.77. The number of aryl methyl sites for hydroxylation is 1. The first-order chi connectivity index (χ1) is 8.58. The van der Waals surface area contributed by atoms with Gasteiger partial charge in [0.1, 0.15) is 5.82 Å². The van der Waals surface area contributed by atoms with E-state index >= 15 is 0 Å². The Morgan fingerprint density at radius 2 is 2.17 bits per heavy atom. The Labute approximate surface area is 106 Å². The largest absolute Gasteiger partial charge is 0.397 e. The van der Waals surface area contributed by atoms with E-state index < -0.39 is 0 Å². The van der Waals surface area contributed by atoms with Crippen LogP contribution in [0.25, 0.3) is 0 Å². The normalized spacial score (nSPS) is 12.2. The molecule has 0 amide bonds. The summed E-state index contributed by atoms with van der Waals surface area (Å²) < 4.78 is 13.3. The number of nitrogens with one attached hydrogen (secondary N) is 1. The molecule has 18 heavy (non-hydrogen) atoms. The molecule has 2 aromatic rings. The van der Waals surface area contributed by atoms with Crippen LogP contribution >= 0.6 is 0 Å². The van der Waals surface area contributed by atoms with Gasteiger partial charge in [0.05, 0.1) is 17.4 Å². The number of benzene rings is 1. The van der Waals surface area contributed by atoms with Gasteiger partial charge in [-0.2, -0.15) is 0 Å². The third-order valence-electron chi connectivity index (χ3n) is 2.89. The molecule has 1 unspecified atom stereocenters. The molecule has 0 spiro atoms. The molecule has 0 aliphatic carbocycles. The fraction of sp³-hybridized carbons (Fsp3) is 0.214. The summed E-state index contributed by atoms with van der Waals surface area (Å²) in [6.07, 6.45) is 3.52. The second-order valence-electron chi connectivity index (χ2n) is 4.34. The Morgan fingerprint density at radius 3 is 2.83 bits per heavy atom. The molecule has 2 rings (SSSR count). The quantitative estimate of drug-likeness (QED) is 0.816. The van der Waals surface area contributed by atoms with E-state index in [9.17, 15) is 4.39 Å². The second-order valence-corrected chi connectivity index (χ2v) is 4.34. The van der Waals surface area contributed by atoms with E-state index in [4.69, 9.17) is 5.73 Å². The minimum absolute atomic E-state index is 0.0610. The number of nitrogens with zero attached hydrogens (tertiary/aromatic N) is 1. The number of nitrogen functional groups attached to an aromatic ring is 1. The maximum Gasteiger partial charge on any atom is 0.128 e. The molecule has 0 saturated carbocycles. The lowest BCUT2D eigenvalue weighted by Gasteiger charge is -2.17. The highest BCUT2D eigenvalue weighted by Gasteiger charge is 2.09. The van der Waals surface area contributed by atoms with Gasteiger partial charge < -0.3 is 11.1 Å². The van der Waals surface area contributed by atoms with Crippen LogP contribution in [-0.4, -0.2) is 4.98 Å². The van der Waals surface area contributed by atoms with Crippen LogP contribution in [0.2, 0.25) is 0 Å². The zero-order chi connectivity index (χ0) is 13.1. The van der Waals surface area contributed by atoms with Crippen molar-refractivity contribution in [3.05, 3.63) is 53.6 Å². The van der Waals surface area contributed by atoms with Crippen molar-refractivity contribution < 1.29 is 4.39 Å². The molecular formula is C14H16FN3. The summed E-state index contributed by atoms with van der Waals surface area (Å²) in [5, 5.41) is 3.26. The molecule has 3 N–H and O–H groups in total. The maximum absolute atomic E-state index is 13.3. The first-order valence-electron chi connectivity index (χ1n) is 5.80. The van der Waals surface area contributed by atoms with E-state index in [1.165, 1.54) is 6.07 Å². The van der Waals surface area contributed by atoms with Crippen molar-refractivity contribution >= 4 is 11.4 Å². The zero-order valence-corrected chi connectivity index (χ0v) is 10.4. The van der Waals surface area contributed by atoms with Crippen LogP contribution in [-0.2, 0) is 0 Å². The molecule has 0 radical (unpaired) electrons. The molecule has 0 bridgehead atoms. The number of rotatable bonds is 3. The van der Waals surface area contributed by atoms with E-state index in [-0.39, 0.29) is 11.9 Å². The van der Waals surface area contributed by atoms with E-state index in [0.29, 0.717) is 11.3 Å². The van der Waals surface area contributed by atoms with Crippen LogP contribution in [0.1, 0.15) is 24.1 Å². The number of hydrogen-bond acceptors (Lipinski definition) is 3. The summed E-state index contributed by atoms with van der Waals surface area (Å²) in [6.45, 7) is 3.73. The van der Waals surface area contributed by atoms with Crippen molar-refractivity contribution in [3.8, 4) is 0 Å². The molecular weight excluding hydrogens is 229 g/mol. The molecule has 1 aromatic carbocycles. The lowest BCUT2D eigenvalue weighted by atomic mass is 10.1. The lowest BCUT2D eigenvalue weighted by Crippen LogP contribution is -2.09. The second kappa shape index (κ2) is 5.04. The first kappa shape index (κ1) is 12.4. The average Bonchev–Trinajstić information content (AvgIpc) is 2.37. The molecule has 0 saturated heterocycles. The summed E-state index contributed by atoms with van der Waals surface area (Å²) in [5.41, 5.74) is 8.58. The predicted octanol–water partition coefficient (Wildman–Crippen LogP) is 3.28. The molecule has 4 heteroatoms. The van der Waals surface area contributed by atoms with Crippen LogP contribution in [0.5, 0.6) is 0 Å². The van der Waals surface area contributed by atoms with Gasteiger partial charge in [-0.1, -0.05) is 6.07 Å². The molecule has 94 valence electrons. The van der Waals surface area contributed by atoms with Gasteiger partial charge in [0, 0.05) is 12.4 Å². The van der Waals surface area contributed by atoms with Crippen molar-refractivity contribution in [1.29, 1.82) is 0 Å². The number of halogens is 1. The predicted molar refractivity (Wildman–Crippen MR) is 71.8 cm³/mol. The molecule has 1 atom stereocenters. The van der Waals surface area contributed by atoms with E-state index in [1.54, 1.807) is 25.4 Å². The monoisotopic (exact) mass is 245 g/mol. The van der Waals surface area contributed by atoms with Crippen LogP contribution in [0.15, 0.2) is 36.7 Å². The number of anilines is 2. The molecule has 0 aliphatic rings. The smallest absolute Gasteiger partial charge is 0.128 e. The highest BCUT2D eigenvalue weighted by Crippen LogP contribution is 2.26. The van der Waals surface area contributed by atoms with Crippen molar-refractivity contribution in [2.45, 2.75) is 19.9 Å². The van der Waals surface area contributed by atoms with Crippen LogP contribution in [0, 0.1) is 12.7 Å². The lowest BCUT2D eigenvalue weighted by molar-refractivity contribution is 0.619. The summed E-state index contributed by atoms with van der Waals surface area (Å²) in [4.78, 5) is 4.07. The van der Waals surface area contributed by atoms with E-state index in [1.807, 2.05) is 19.1 Å². The first-order valence-corrected chi connectivity index (χ1v) is 5.80. The number of hydrogen-bond donors (Lipinski definition) is 2. The number of pyridine rings is 1. The summed E-state index contributed by atoms with van der Waals surface area (Å²) >= 11 is 0. The molecule has 0 aliphatic heterocycles. The Balaban J connectivity index is 2.22. The van der Waals surface area contributed by atoms with Gasteiger partial charge >= 0.3 is 0 Å². The Bertz CT molecular complexity index is 540. The van der Waals surface area contributed by atoms with Crippen molar-refractivity contribution in [3.63, 3.8) is 0 Å². The third-order valence-corrected chi connectivity index (χ3v) is 2.89. The number of nitrogens with two attached hydrogens (primary N) is 1. The fourth-order valence-corrected chi connectivity index (χ4v) is 1.77. The molecule has 1 aromatic heterocycles. The van der Waals surface area contributed by atoms with Gasteiger partial charge in [0.15, 0.2) is 0 Å². The summed E-state index contributed by atoms with van der Waals surface area (Å²) in [5.74, 6) is -0.285. The minimum atomic E-state index is -0.285. The van der Waals surface area contributed by atoms with Crippen LogP contribution in [0.4, 0.5) is 15.8 Å². The Kier molecular flexibility index (Phi) is 3.46. The van der Waals surface area contributed by atoms with Gasteiger partial charge in [-0.25, -0.2) is 4.39 Å². The Morgan fingerprint density at radius 1 is 1.39 bits per heavy atom. The van der Waals surface area contributed by atoms with Crippen molar-refractivity contribution in [2.75, 3.05) is 11.1 Å². The van der Waals surface area contributed by atoms with Crippen molar-refractivity contribution in [2.24, 2.45) is 0 Å². The summed E-state index contributed by atoms with van der Waals surface area (Å²) in [6, 6.07) is 6.99. The van der Waals surface area contributed by atoms with Crippen molar-refractivity contribution in [1.82, 2.24) is 4.98 Å². The number of aromatic nitrogens is 1. The van der Waals surface area contributed by atoms with Gasteiger partial charge in [-0.05, 0) is 43.2 Å². The highest BCUT2D eigenvalue weighted by molar-refractivity contribution is 5.67. The highest BCUT2D eigenvalue weighted by atomic mass is 19.1. The average molecular weight is 245 g/mol. The van der Waals surface area contributed by atoms with Crippen LogP contribution in [0.3, 0.4) is 0 Å². The van der Waals surface area contributed by atoms with Gasteiger partial charge in [0.2, 0.25) is 0 Å². The van der Waals surface area contributed by atoms with E-state index in [0.717, 1.165) is 11.3 Å². The topological polar surface area (TPSA) is 50.9 Å². The van der Waals surface area contributed by atoms with Gasteiger partial charge in [-0.15, -0.1) is 0 Å². The SMILES string of the molecule is Cc1cc(NC(C)c2cccnc2)c(N)cc1F. The minimum Gasteiger partial charge on any atom is -0.397 e. The summed E-state index contributed by atoms with van der Waals surface area (Å²) in [7, 11) is 0. The zero-order valence-electron chi connectivity index (χ0n) is 10.4. The van der Waals surface area contributed by atoms with Gasteiger partial charge in [0.25, 0.3) is 0 Å². The molecule has 1 heterocycles. The van der Waals surface area contributed by atoms with E-state index in [2.05, 4.69) is 10.3 Å². The maximum atomic E-state index is 13.3. The third kappa shape index (κ3) is 2.59. The van der Waals surface area contributed by atoms with Crippen LogP contribution < -0.4 is 11.1 Å². The standard InChI is InChI=1S/C14H16FN3/c1-9-6-14(13(16)7-12(9)15)18-10(2)11-4-3-5-17-8-11/h3-8,10,18H,16H2,1-2H3. The molecule has 3 nitrogen and oxygen atoms in total. The Hall–Kier alpha value is -2.10.